The van der Waals surface area contributed by atoms with Gasteiger partial charge in [0.15, 0.2) is 0 Å². The Balaban J connectivity index is 1.88. The average molecular weight is 437 g/mol. The molecule has 4 rings (SSSR count). The van der Waals surface area contributed by atoms with Gasteiger partial charge < -0.3 is 24.2 Å². The molecular weight excluding hydrogens is 410 g/mol. The molecule has 1 amide bonds. The van der Waals surface area contributed by atoms with Crippen molar-refractivity contribution in [3.05, 3.63) is 64.7 Å². The van der Waals surface area contributed by atoms with Crippen LogP contribution in [0.4, 0.5) is 0 Å². The molecule has 2 saturated heterocycles. The number of aliphatic hydroxyl groups excluding tert-OH is 1. The van der Waals surface area contributed by atoms with Gasteiger partial charge in [0, 0.05) is 13.2 Å². The van der Waals surface area contributed by atoms with Gasteiger partial charge in [-0.15, -0.1) is 0 Å². The minimum Gasteiger partial charge on any atom is -0.507 e. The van der Waals surface area contributed by atoms with Crippen LogP contribution in [0.1, 0.15) is 35.6 Å². The topological polar surface area (TPSA) is 85.3 Å². The van der Waals surface area contributed by atoms with Gasteiger partial charge in [-0.05, 0) is 49.6 Å². The lowest BCUT2D eigenvalue weighted by Crippen LogP contribution is -2.36. The van der Waals surface area contributed by atoms with Gasteiger partial charge in [-0.1, -0.05) is 23.8 Å². The van der Waals surface area contributed by atoms with Crippen LogP contribution in [-0.4, -0.2) is 55.2 Å². The number of rotatable bonds is 6. The second-order valence-corrected chi connectivity index (χ2v) is 8.07. The monoisotopic (exact) mass is 437 g/mol. The van der Waals surface area contributed by atoms with Crippen molar-refractivity contribution >= 4 is 17.4 Å². The summed E-state index contributed by atoms with van der Waals surface area (Å²) in [6.07, 6.45) is 1.59. The van der Waals surface area contributed by atoms with Crippen LogP contribution in [0.25, 0.3) is 5.76 Å². The number of amides is 1. The molecule has 0 radical (unpaired) electrons. The number of carbonyl (C=O) groups is 2. The van der Waals surface area contributed by atoms with Crippen molar-refractivity contribution < 1.29 is 28.9 Å². The van der Waals surface area contributed by atoms with Gasteiger partial charge in [0.2, 0.25) is 0 Å². The highest BCUT2D eigenvalue weighted by Crippen LogP contribution is 2.42. The predicted octanol–water partition coefficient (Wildman–Crippen LogP) is 3.61. The summed E-state index contributed by atoms with van der Waals surface area (Å²) in [6, 6.07) is 11.7. The molecule has 2 aromatic rings. The number of benzene rings is 2. The lowest BCUT2D eigenvalue weighted by molar-refractivity contribution is -0.140. The number of likely N-dealkylation sites (tertiary alicyclic amines) is 1. The first-order valence-electron chi connectivity index (χ1n) is 10.6. The van der Waals surface area contributed by atoms with Crippen LogP contribution in [0.2, 0.25) is 0 Å². The average Bonchev–Trinajstić information content (AvgIpc) is 3.41. The highest BCUT2D eigenvalue weighted by Gasteiger charge is 2.47. The Hall–Kier alpha value is -3.32. The van der Waals surface area contributed by atoms with E-state index in [1.165, 1.54) is 12.0 Å². The molecule has 2 aliphatic rings. The quantitative estimate of drug-likeness (QED) is 0.422. The third kappa shape index (κ3) is 3.96. The Kier molecular flexibility index (Phi) is 6.19. The summed E-state index contributed by atoms with van der Waals surface area (Å²) in [4.78, 5) is 27.8. The molecule has 2 aromatic carbocycles. The maximum Gasteiger partial charge on any atom is 0.295 e. The molecule has 1 N–H and O–H groups in total. The first kappa shape index (κ1) is 21.9. The third-order valence-electron chi connectivity index (χ3n) is 5.98. The molecule has 7 heteroatoms. The van der Waals surface area contributed by atoms with Gasteiger partial charge in [-0.2, -0.15) is 0 Å². The SMILES string of the molecule is COc1cccc(C2/C(=C(\O)c3cc(C)ccc3OC)C(=O)C(=O)N2CC2CCCO2)c1. The van der Waals surface area contributed by atoms with Crippen LogP contribution >= 0.6 is 0 Å². The van der Waals surface area contributed by atoms with E-state index >= 15 is 0 Å². The fourth-order valence-corrected chi connectivity index (χ4v) is 4.39. The minimum absolute atomic E-state index is 0.0325. The van der Waals surface area contributed by atoms with Crippen molar-refractivity contribution in [2.24, 2.45) is 0 Å². The first-order valence-corrected chi connectivity index (χ1v) is 10.6. The Morgan fingerprint density at radius 1 is 1.16 bits per heavy atom. The van der Waals surface area contributed by atoms with E-state index in [1.807, 2.05) is 19.1 Å². The van der Waals surface area contributed by atoms with Gasteiger partial charge in [-0.3, -0.25) is 9.59 Å². The Bertz CT molecular complexity index is 1070. The summed E-state index contributed by atoms with van der Waals surface area (Å²) >= 11 is 0. The zero-order chi connectivity index (χ0) is 22.8. The molecular formula is C25H27NO6. The van der Waals surface area contributed by atoms with Crippen molar-refractivity contribution in [1.29, 1.82) is 0 Å². The van der Waals surface area contributed by atoms with Crippen LogP contribution in [-0.2, 0) is 14.3 Å². The molecule has 0 aromatic heterocycles. The summed E-state index contributed by atoms with van der Waals surface area (Å²) in [5.74, 6) is -0.619. The molecule has 32 heavy (non-hydrogen) atoms. The fraction of sp³-hybridized carbons (Fsp3) is 0.360. The molecule has 0 aliphatic carbocycles. The van der Waals surface area contributed by atoms with Crippen molar-refractivity contribution in [2.45, 2.75) is 31.9 Å². The summed E-state index contributed by atoms with van der Waals surface area (Å²) in [5.41, 5.74) is 1.97. The summed E-state index contributed by atoms with van der Waals surface area (Å²) in [5, 5.41) is 11.3. The predicted molar refractivity (Wildman–Crippen MR) is 119 cm³/mol. The summed E-state index contributed by atoms with van der Waals surface area (Å²) in [7, 11) is 3.05. The second kappa shape index (κ2) is 9.04. The highest BCUT2D eigenvalue weighted by atomic mass is 16.5. The largest absolute Gasteiger partial charge is 0.507 e. The Morgan fingerprint density at radius 2 is 1.97 bits per heavy atom. The van der Waals surface area contributed by atoms with E-state index < -0.39 is 17.7 Å². The molecule has 0 saturated carbocycles. The van der Waals surface area contributed by atoms with Crippen LogP contribution in [0.3, 0.4) is 0 Å². The number of nitrogens with zero attached hydrogens (tertiary/aromatic N) is 1. The van der Waals surface area contributed by atoms with E-state index in [2.05, 4.69) is 0 Å². The van der Waals surface area contributed by atoms with E-state index in [9.17, 15) is 14.7 Å². The van der Waals surface area contributed by atoms with Crippen LogP contribution in [0.15, 0.2) is 48.0 Å². The van der Waals surface area contributed by atoms with Gasteiger partial charge in [0.05, 0.1) is 37.5 Å². The van der Waals surface area contributed by atoms with Crippen LogP contribution in [0, 0.1) is 6.92 Å². The van der Waals surface area contributed by atoms with Crippen molar-refractivity contribution in [2.75, 3.05) is 27.4 Å². The Labute approximate surface area is 187 Å². The molecule has 2 atom stereocenters. The number of ketones is 1. The number of hydrogen-bond acceptors (Lipinski definition) is 6. The number of aliphatic hydroxyl groups is 1. The number of methoxy groups -OCH3 is 2. The number of aryl methyl sites for hydroxylation is 1. The van der Waals surface area contributed by atoms with Gasteiger partial charge in [0.1, 0.15) is 17.3 Å². The van der Waals surface area contributed by atoms with Gasteiger partial charge >= 0.3 is 0 Å². The van der Waals surface area contributed by atoms with E-state index in [1.54, 1.807) is 37.4 Å². The smallest absolute Gasteiger partial charge is 0.295 e. The molecule has 2 aliphatic heterocycles. The maximum absolute atomic E-state index is 13.2. The van der Waals surface area contributed by atoms with E-state index in [-0.39, 0.29) is 24.0 Å². The molecule has 2 heterocycles. The molecule has 2 unspecified atom stereocenters. The lowest BCUT2D eigenvalue weighted by Gasteiger charge is -2.27. The summed E-state index contributed by atoms with van der Waals surface area (Å²) in [6.45, 7) is 2.79. The second-order valence-electron chi connectivity index (χ2n) is 8.07. The molecule has 168 valence electrons. The van der Waals surface area contributed by atoms with Crippen molar-refractivity contribution in [1.82, 2.24) is 4.90 Å². The van der Waals surface area contributed by atoms with Crippen molar-refractivity contribution in [3.8, 4) is 11.5 Å². The molecule has 7 nitrogen and oxygen atoms in total. The lowest BCUT2D eigenvalue weighted by atomic mass is 9.94. The molecule has 0 spiro atoms. The van der Waals surface area contributed by atoms with Crippen molar-refractivity contribution in [3.63, 3.8) is 0 Å². The number of ether oxygens (including phenoxy) is 3. The number of hydrogen-bond donors (Lipinski definition) is 1. The Morgan fingerprint density at radius 3 is 2.66 bits per heavy atom. The third-order valence-corrected chi connectivity index (χ3v) is 5.98. The van der Waals surface area contributed by atoms with Crippen LogP contribution < -0.4 is 9.47 Å². The zero-order valence-electron chi connectivity index (χ0n) is 18.5. The van der Waals surface area contributed by atoms with Gasteiger partial charge in [0.25, 0.3) is 11.7 Å². The van der Waals surface area contributed by atoms with Gasteiger partial charge in [-0.25, -0.2) is 0 Å². The van der Waals surface area contributed by atoms with E-state index in [0.29, 0.717) is 29.2 Å². The normalized spacial score (nSPS) is 22.4. The van der Waals surface area contributed by atoms with E-state index in [4.69, 9.17) is 14.2 Å². The standard InChI is InChI=1S/C25H27NO6/c1-15-9-10-20(31-3)19(12-15)23(27)21-22(16-6-4-7-17(13-16)30-2)26(25(29)24(21)28)14-18-8-5-11-32-18/h4,6-7,9-10,12-13,18,22,27H,5,8,11,14H2,1-3H3/b23-21+. The van der Waals surface area contributed by atoms with Crippen LogP contribution in [0.5, 0.6) is 11.5 Å². The first-order chi connectivity index (χ1) is 15.4. The number of carbonyl (C=O) groups excluding carboxylic acids is 2. The highest BCUT2D eigenvalue weighted by molar-refractivity contribution is 6.46. The fourth-order valence-electron chi connectivity index (χ4n) is 4.39. The molecule has 0 bridgehead atoms. The summed E-state index contributed by atoms with van der Waals surface area (Å²) < 4.78 is 16.5. The molecule has 2 fully saturated rings. The van der Waals surface area contributed by atoms with E-state index in [0.717, 1.165) is 18.4 Å². The zero-order valence-corrected chi connectivity index (χ0v) is 18.5. The minimum atomic E-state index is -0.764. The number of Topliss-reactive ketones (excluding diaryl/α,β-unsaturated/α-hetero) is 1. The maximum atomic E-state index is 13.2.